The van der Waals surface area contributed by atoms with Crippen LogP contribution in [0.3, 0.4) is 0 Å². The van der Waals surface area contributed by atoms with Crippen molar-refractivity contribution in [3.63, 3.8) is 0 Å². The highest BCUT2D eigenvalue weighted by atomic mass is 19.4. The lowest BCUT2D eigenvalue weighted by Gasteiger charge is -2.11. The quantitative estimate of drug-likeness (QED) is 0.549. The number of alkyl halides is 3. The van der Waals surface area contributed by atoms with E-state index in [1.165, 1.54) is 48.3 Å². The van der Waals surface area contributed by atoms with Crippen LogP contribution < -0.4 is 0 Å². The first-order valence-corrected chi connectivity index (χ1v) is 8.47. The normalized spacial score (nSPS) is 11.7. The van der Waals surface area contributed by atoms with Crippen molar-refractivity contribution in [2.24, 2.45) is 0 Å². The Morgan fingerprint density at radius 2 is 1.86 bits per heavy atom. The number of nitrogens with zero attached hydrogens (tertiary/aromatic N) is 4. The smallest absolute Gasteiger partial charge is 0.417 e. The van der Waals surface area contributed by atoms with E-state index in [9.17, 15) is 18.0 Å². The van der Waals surface area contributed by atoms with E-state index in [4.69, 9.17) is 5.11 Å². The Bertz CT molecular complexity index is 1220. The zero-order valence-electron chi connectivity index (χ0n) is 15.0. The third-order valence-electron chi connectivity index (χ3n) is 4.43. The van der Waals surface area contributed by atoms with Gasteiger partial charge in [0.1, 0.15) is 0 Å². The molecular formula is C20H13F3N4O2. The zero-order valence-corrected chi connectivity index (χ0v) is 15.0. The van der Waals surface area contributed by atoms with Crippen molar-refractivity contribution in [3.8, 4) is 16.9 Å². The molecule has 4 rings (SSSR count). The standard InChI is InChI=1S/C20H13F3N4O2/c1-11-17-15(20(21,22)23)9-16(13-3-2-8-24-10-13)25-18(17)27(26-11)14-6-4-12(5-7-14)19(28)29/h2-10H,1H3,(H,28,29). The molecule has 0 bridgehead atoms. The number of fused-ring (bicyclic) bond motifs is 1. The summed E-state index contributed by atoms with van der Waals surface area (Å²) < 4.78 is 42.7. The molecule has 0 saturated heterocycles. The molecule has 0 atom stereocenters. The van der Waals surface area contributed by atoms with Crippen LogP contribution in [0.15, 0.2) is 54.9 Å². The molecule has 0 unspecified atom stereocenters. The maximum absolute atomic E-state index is 13.8. The van der Waals surface area contributed by atoms with Gasteiger partial charge in [-0.15, -0.1) is 0 Å². The Morgan fingerprint density at radius 1 is 1.14 bits per heavy atom. The fourth-order valence-electron chi connectivity index (χ4n) is 3.10. The number of aromatic carboxylic acids is 1. The van der Waals surface area contributed by atoms with Crippen LogP contribution in [0.1, 0.15) is 21.6 Å². The summed E-state index contributed by atoms with van der Waals surface area (Å²) in [7, 11) is 0. The van der Waals surface area contributed by atoms with Crippen LogP contribution in [-0.4, -0.2) is 30.8 Å². The van der Waals surface area contributed by atoms with Gasteiger partial charge >= 0.3 is 12.1 Å². The fourth-order valence-corrected chi connectivity index (χ4v) is 3.10. The largest absolute Gasteiger partial charge is 0.478 e. The molecule has 3 aromatic heterocycles. The number of pyridine rings is 2. The molecular weight excluding hydrogens is 385 g/mol. The second kappa shape index (κ2) is 6.69. The van der Waals surface area contributed by atoms with E-state index < -0.39 is 17.7 Å². The van der Waals surface area contributed by atoms with Crippen LogP contribution in [0, 0.1) is 6.92 Å². The molecule has 0 saturated carbocycles. The van der Waals surface area contributed by atoms with Crippen LogP contribution in [0.5, 0.6) is 0 Å². The monoisotopic (exact) mass is 398 g/mol. The van der Waals surface area contributed by atoms with Gasteiger partial charge in [0.2, 0.25) is 0 Å². The van der Waals surface area contributed by atoms with E-state index in [1.54, 1.807) is 12.1 Å². The second-order valence-electron chi connectivity index (χ2n) is 6.34. The molecule has 0 spiro atoms. The summed E-state index contributed by atoms with van der Waals surface area (Å²) in [4.78, 5) is 19.4. The molecule has 146 valence electrons. The van der Waals surface area contributed by atoms with E-state index >= 15 is 0 Å². The van der Waals surface area contributed by atoms with Gasteiger partial charge in [0.15, 0.2) is 5.65 Å². The number of halogens is 3. The second-order valence-corrected chi connectivity index (χ2v) is 6.34. The third-order valence-corrected chi connectivity index (χ3v) is 4.43. The molecule has 0 radical (unpaired) electrons. The fraction of sp³-hybridized carbons (Fsp3) is 0.100. The SMILES string of the molecule is Cc1nn(-c2ccc(C(=O)O)cc2)c2nc(-c3cccnc3)cc(C(F)(F)F)c12. The molecule has 0 aliphatic heterocycles. The van der Waals surface area contributed by atoms with Gasteiger partial charge in [0, 0.05) is 18.0 Å². The highest BCUT2D eigenvalue weighted by Gasteiger charge is 2.35. The minimum absolute atomic E-state index is 0.0271. The Labute approximate surface area is 162 Å². The average molecular weight is 398 g/mol. The van der Waals surface area contributed by atoms with E-state index in [1.807, 2.05) is 0 Å². The zero-order chi connectivity index (χ0) is 20.8. The number of benzene rings is 1. The summed E-state index contributed by atoms with van der Waals surface area (Å²) in [5.41, 5.74) is 0.359. The summed E-state index contributed by atoms with van der Waals surface area (Å²) in [5.74, 6) is -1.10. The van der Waals surface area contributed by atoms with Crippen molar-refractivity contribution < 1.29 is 23.1 Å². The molecule has 3 heterocycles. The molecule has 1 aromatic carbocycles. The number of hydrogen-bond donors (Lipinski definition) is 1. The van der Waals surface area contributed by atoms with Gasteiger partial charge in [-0.1, -0.05) is 0 Å². The highest BCUT2D eigenvalue weighted by Crippen LogP contribution is 2.38. The summed E-state index contributed by atoms with van der Waals surface area (Å²) in [6.07, 6.45) is -1.65. The first-order valence-electron chi connectivity index (χ1n) is 8.47. The van der Waals surface area contributed by atoms with Crippen LogP contribution in [0.25, 0.3) is 28.0 Å². The van der Waals surface area contributed by atoms with Crippen LogP contribution >= 0.6 is 0 Å². The van der Waals surface area contributed by atoms with Crippen LogP contribution in [0.2, 0.25) is 0 Å². The Kier molecular flexibility index (Phi) is 4.30. The first kappa shape index (κ1) is 18.6. The molecule has 0 fully saturated rings. The number of rotatable bonds is 3. The van der Waals surface area contributed by atoms with Crippen molar-refractivity contribution >= 4 is 17.0 Å². The maximum Gasteiger partial charge on any atom is 0.417 e. The summed E-state index contributed by atoms with van der Waals surface area (Å²) in [6.45, 7) is 1.48. The molecule has 29 heavy (non-hydrogen) atoms. The summed E-state index contributed by atoms with van der Waals surface area (Å²) in [5, 5.41) is 13.2. The molecule has 0 aliphatic carbocycles. The predicted octanol–water partition coefficient (Wildman–Crippen LogP) is 4.51. The lowest BCUT2D eigenvalue weighted by molar-refractivity contribution is -0.136. The maximum atomic E-state index is 13.8. The topological polar surface area (TPSA) is 80.9 Å². The molecule has 4 aromatic rings. The van der Waals surface area contributed by atoms with Crippen molar-refractivity contribution in [2.75, 3.05) is 0 Å². The van der Waals surface area contributed by atoms with Gasteiger partial charge in [-0.2, -0.15) is 18.3 Å². The van der Waals surface area contributed by atoms with E-state index in [0.717, 1.165) is 6.07 Å². The van der Waals surface area contributed by atoms with Gasteiger partial charge in [-0.05, 0) is 49.4 Å². The number of hydrogen-bond acceptors (Lipinski definition) is 4. The number of aryl methyl sites for hydroxylation is 1. The lowest BCUT2D eigenvalue weighted by atomic mass is 10.1. The van der Waals surface area contributed by atoms with Gasteiger partial charge in [-0.25, -0.2) is 14.5 Å². The summed E-state index contributed by atoms with van der Waals surface area (Å²) >= 11 is 0. The molecule has 6 nitrogen and oxygen atoms in total. The highest BCUT2D eigenvalue weighted by molar-refractivity contribution is 5.89. The van der Waals surface area contributed by atoms with Crippen LogP contribution in [-0.2, 0) is 6.18 Å². The number of aromatic nitrogens is 4. The van der Waals surface area contributed by atoms with Gasteiger partial charge in [0.25, 0.3) is 0 Å². The van der Waals surface area contributed by atoms with Crippen molar-refractivity contribution in [2.45, 2.75) is 13.1 Å². The van der Waals surface area contributed by atoms with E-state index in [2.05, 4.69) is 15.1 Å². The predicted molar refractivity (Wildman–Crippen MR) is 98.8 cm³/mol. The first-order chi connectivity index (χ1) is 13.8. The number of carbonyl (C=O) groups is 1. The number of carboxylic acid groups (broad SMARTS) is 1. The molecule has 0 amide bonds. The van der Waals surface area contributed by atoms with Crippen molar-refractivity contribution in [1.82, 2.24) is 19.7 Å². The minimum atomic E-state index is -4.61. The third kappa shape index (κ3) is 3.31. The van der Waals surface area contributed by atoms with Gasteiger partial charge in [0.05, 0.1) is 33.6 Å². The van der Waals surface area contributed by atoms with Crippen molar-refractivity contribution in [3.05, 3.63) is 71.7 Å². The molecule has 0 aliphatic rings. The lowest BCUT2D eigenvalue weighted by Crippen LogP contribution is -2.08. The Balaban J connectivity index is 2.01. The minimum Gasteiger partial charge on any atom is -0.478 e. The molecule has 1 N–H and O–H groups in total. The Hall–Kier alpha value is -3.75. The van der Waals surface area contributed by atoms with Gasteiger partial charge in [-0.3, -0.25) is 4.98 Å². The molecule has 9 heteroatoms. The number of carboxylic acids is 1. The van der Waals surface area contributed by atoms with Crippen LogP contribution in [0.4, 0.5) is 13.2 Å². The van der Waals surface area contributed by atoms with Crippen molar-refractivity contribution in [1.29, 1.82) is 0 Å². The Morgan fingerprint density at radius 3 is 2.45 bits per heavy atom. The average Bonchev–Trinajstić information content (AvgIpc) is 3.04. The van der Waals surface area contributed by atoms with Gasteiger partial charge < -0.3 is 5.11 Å². The summed E-state index contributed by atoms with van der Waals surface area (Å²) in [6, 6.07) is 9.89. The van der Waals surface area contributed by atoms with E-state index in [-0.39, 0.29) is 28.0 Å². The van der Waals surface area contributed by atoms with E-state index in [0.29, 0.717) is 11.3 Å².